The Kier molecular flexibility index (Phi) is 3.58. The molecule has 1 aromatic heterocycles. The number of anilines is 1. The van der Waals surface area contributed by atoms with Crippen LogP contribution in [0.1, 0.15) is 29.3 Å². The number of para-hydroxylation sites is 1. The molecule has 0 aliphatic heterocycles. The first-order valence-electron chi connectivity index (χ1n) is 6.14. The van der Waals surface area contributed by atoms with E-state index in [1.807, 2.05) is 0 Å². The standard InChI is InChI=1S/C14H12BrF2NS/c15-13-7-8-11(5-2-6-12(8)19-13)18-14-9(16)3-1-4-10(14)17/h1,3-4,7,11,18H,2,5-6H2. The highest BCUT2D eigenvalue weighted by molar-refractivity contribution is 9.11. The summed E-state index contributed by atoms with van der Waals surface area (Å²) in [4.78, 5) is 1.30. The zero-order valence-electron chi connectivity index (χ0n) is 10.1. The molecule has 1 N–H and O–H groups in total. The first-order valence-corrected chi connectivity index (χ1v) is 7.75. The van der Waals surface area contributed by atoms with Crippen LogP contribution in [0.15, 0.2) is 28.1 Å². The Hall–Kier alpha value is -0.940. The molecule has 1 aliphatic rings. The zero-order chi connectivity index (χ0) is 13.4. The van der Waals surface area contributed by atoms with Gasteiger partial charge in [0.1, 0.15) is 17.3 Å². The number of nitrogens with one attached hydrogen (secondary N) is 1. The molecule has 19 heavy (non-hydrogen) atoms. The van der Waals surface area contributed by atoms with Crippen LogP contribution in [0.5, 0.6) is 0 Å². The van der Waals surface area contributed by atoms with E-state index in [1.165, 1.54) is 23.1 Å². The summed E-state index contributed by atoms with van der Waals surface area (Å²) in [7, 11) is 0. The summed E-state index contributed by atoms with van der Waals surface area (Å²) in [6.45, 7) is 0. The van der Waals surface area contributed by atoms with Crippen LogP contribution < -0.4 is 5.32 Å². The molecule has 1 aromatic carbocycles. The third kappa shape index (κ3) is 2.54. The van der Waals surface area contributed by atoms with Gasteiger partial charge in [-0.2, -0.15) is 0 Å². The highest BCUT2D eigenvalue weighted by atomic mass is 79.9. The molecule has 3 rings (SSSR count). The molecule has 1 heterocycles. The largest absolute Gasteiger partial charge is 0.373 e. The highest BCUT2D eigenvalue weighted by Crippen LogP contribution is 2.40. The van der Waals surface area contributed by atoms with E-state index in [9.17, 15) is 8.78 Å². The Morgan fingerprint density at radius 2 is 2.00 bits per heavy atom. The number of aryl methyl sites for hydroxylation is 1. The van der Waals surface area contributed by atoms with E-state index in [-0.39, 0.29) is 11.7 Å². The SMILES string of the molecule is Fc1cccc(F)c1NC1CCCc2sc(Br)cc21. The maximum Gasteiger partial charge on any atom is 0.149 e. The number of hydrogen-bond donors (Lipinski definition) is 1. The van der Waals surface area contributed by atoms with Crippen LogP contribution in [0.3, 0.4) is 0 Å². The van der Waals surface area contributed by atoms with Crippen molar-refractivity contribution in [2.24, 2.45) is 0 Å². The molecule has 0 saturated carbocycles. The molecule has 100 valence electrons. The van der Waals surface area contributed by atoms with E-state index in [2.05, 4.69) is 27.3 Å². The van der Waals surface area contributed by atoms with E-state index in [0.717, 1.165) is 28.6 Å². The minimum atomic E-state index is -0.540. The van der Waals surface area contributed by atoms with Crippen molar-refractivity contribution in [1.29, 1.82) is 0 Å². The van der Waals surface area contributed by atoms with Crippen molar-refractivity contribution in [3.63, 3.8) is 0 Å². The number of thiophene rings is 1. The van der Waals surface area contributed by atoms with Crippen molar-refractivity contribution in [1.82, 2.24) is 0 Å². The monoisotopic (exact) mass is 343 g/mol. The van der Waals surface area contributed by atoms with Crippen molar-refractivity contribution >= 4 is 33.0 Å². The lowest BCUT2D eigenvalue weighted by molar-refractivity contribution is 0.564. The molecule has 1 aliphatic carbocycles. The number of fused-ring (bicyclic) bond motifs is 1. The highest BCUT2D eigenvalue weighted by Gasteiger charge is 2.24. The van der Waals surface area contributed by atoms with E-state index >= 15 is 0 Å². The molecule has 5 heteroatoms. The van der Waals surface area contributed by atoms with Gasteiger partial charge in [-0.1, -0.05) is 6.07 Å². The summed E-state index contributed by atoms with van der Waals surface area (Å²) < 4.78 is 28.4. The minimum absolute atomic E-state index is 0.0160. The number of hydrogen-bond acceptors (Lipinski definition) is 2. The van der Waals surface area contributed by atoms with Gasteiger partial charge in [0.15, 0.2) is 0 Å². The van der Waals surface area contributed by atoms with Gasteiger partial charge in [0.2, 0.25) is 0 Å². The fourth-order valence-corrected chi connectivity index (χ4v) is 4.30. The maximum absolute atomic E-state index is 13.7. The fraction of sp³-hybridized carbons (Fsp3) is 0.286. The van der Waals surface area contributed by atoms with Crippen LogP contribution >= 0.6 is 27.3 Å². The van der Waals surface area contributed by atoms with Crippen molar-refractivity contribution in [3.05, 3.63) is 50.1 Å². The second-order valence-electron chi connectivity index (χ2n) is 4.61. The Bertz CT molecular complexity index is 591. The lowest BCUT2D eigenvalue weighted by Gasteiger charge is -2.25. The molecular formula is C14H12BrF2NS. The maximum atomic E-state index is 13.7. The predicted octanol–water partition coefficient (Wildman–Crippen LogP) is 5.28. The fourth-order valence-electron chi connectivity index (χ4n) is 2.48. The summed E-state index contributed by atoms with van der Waals surface area (Å²) in [6.07, 6.45) is 2.97. The van der Waals surface area contributed by atoms with Crippen LogP contribution in [0.4, 0.5) is 14.5 Å². The summed E-state index contributed by atoms with van der Waals surface area (Å²) in [6, 6.07) is 5.97. The Morgan fingerprint density at radius 3 is 2.74 bits per heavy atom. The second kappa shape index (κ2) is 5.21. The summed E-state index contributed by atoms with van der Waals surface area (Å²) in [5, 5.41) is 3.02. The number of halogens is 3. The minimum Gasteiger partial charge on any atom is -0.373 e. The van der Waals surface area contributed by atoms with Crippen LogP contribution in [0.25, 0.3) is 0 Å². The van der Waals surface area contributed by atoms with Crippen LogP contribution in [0, 0.1) is 11.6 Å². The van der Waals surface area contributed by atoms with Gasteiger partial charge in [-0.25, -0.2) is 8.78 Å². The lowest BCUT2D eigenvalue weighted by atomic mass is 9.94. The molecule has 0 radical (unpaired) electrons. The van der Waals surface area contributed by atoms with Crippen molar-refractivity contribution < 1.29 is 8.78 Å². The first kappa shape index (κ1) is 13.1. The van der Waals surface area contributed by atoms with Crippen LogP contribution in [-0.4, -0.2) is 0 Å². The molecule has 0 spiro atoms. The lowest BCUT2D eigenvalue weighted by Crippen LogP contribution is -2.17. The van der Waals surface area contributed by atoms with E-state index in [4.69, 9.17) is 0 Å². The molecule has 1 unspecified atom stereocenters. The Morgan fingerprint density at radius 1 is 1.26 bits per heavy atom. The third-order valence-corrected chi connectivity index (χ3v) is 5.08. The van der Waals surface area contributed by atoms with E-state index in [1.54, 1.807) is 11.3 Å². The summed E-state index contributed by atoms with van der Waals surface area (Å²) in [5.74, 6) is -1.08. The zero-order valence-corrected chi connectivity index (χ0v) is 12.5. The molecule has 0 fully saturated rings. The van der Waals surface area contributed by atoms with Crippen LogP contribution in [-0.2, 0) is 6.42 Å². The van der Waals surface area contributed by atoms with Gasteiger partial charge in [0, 0.05) is 4.88 Å². The number of benzene rings is 1. The summed E-state index contributed by atoms with van der Waals surface area (Å²) in [5.41, 5.74) is 1.13. The Labute approximate surface area is 122 Å². The molecule has 1 nitrogen and oxygen atoms in total. The predicted molar refractivity (Wildman–Crippen MR) is 77.7 cm³/mol. The Balaban J connectivity index is 1.92. The van der Waals surface area contributed by atoms with Crippen molar-refractivity contribution in [2.45, 2.75) is 25.3 Å². The quantitative estimate of drug-likeness (QED) is 0.782. The van der Waals surface area contributed by atoms with Crippen molar-refractivity contribution in [2.75, 3.05) is 5.32 Å². The average molecular weight is 344 g/mol. The molecule has 0 amide bonds. The average Bonchev–Trinajstić information content (AvgIpc) is 2.75. The molecule has 2 aromatic rings. The van der Waals surface area contributed by atoms with Gasteiger partial charge in [-0.05, 0) is 59.0 Å². The topological polar surface area (TPSA) is 12.0 Å². The van der Waals surface area contributed by atoms with Gasteiger partial charge < -0.3 is 5.32 Å². The van der Waals surface area contributed by atoms with Crippen molar-refractivity contribution in [3.8, 4) is 0 Å². The normalized spacial score (nSPS) is 18.2. The second-order valence-corrected chi connectivity index (χ2v) is 7.13. The van der Waals surface area contributed by atoms with E-state index in [0.29, 0.717) is 0 Å². The van der Waals surface area contributed by atoms with Gasteiger partial charge in [-0.15, -0.1) is 11.3 Å². The van der Waals surface area contributed by atoms with Gasteiger partial charge in [0.25, 0.3) is 0 Å². The molecule has 0 saturated heterocycles. The summed E-state index contributed by atoms with van der Waals surface area (Å²) >= 11 is 5.18. The first-order chi connectivity index (χ1) is 9.15. The third-order valence-electron chi connectivity index (χ3n) is 3.37. The van der Waals surface area contributed by atoms with Gasteiger partial charge in [-0.3, -0.25) is 0 Å². The molecular weight excluding hydrogens is 332 g/mol. The van der Waals surface area contributed by atoms with E-state index < -0.39 is 11.6 Å². The van der Waals surface area contributed by atoms with Gasteiger partial charge in [0.05, 0.1) is 9.83 Å². The van der Waals surface area contributed by atoms with Gasteiger partial charge >= 0.3 is 0 Å². The number of rotatable bonds is 2. The molecule has 1 atom stereocenters. The smallest absolute Gasteiger partial charge is 0.149 e. The molecule has 0 bridgehead atoms. The van der Waals surface area contributed by atoms with Crippen LogP contribution in [0.2, 0.25) is 0 Å².